The number of ether oxygens (including phenoxy) is 6. The smallest absolute Gasteiger partial charge is 0.421 e. The zero-order valence-electron chi connectivity index (χ0n) is 39.4. The number of aliphatic hydroxyl groups excluding tert-OH is 1. The van der Waals surface area contributed by atoms with Crippen LogP contribution in [0, 0.1) is 17.8 Å². The molecule has 2 saturated heterocycles. The number of amides is 5. The first-order valence-corrected chi connectivity index (χ1v) is 23.2. The molecule has 0 unspecified atom stereocenters. The molecule has 71 heavy (non-hydrogen) atoms. The number of nitrogens with one attached hydrogen (secondary N) is 1. The van der Waals surface area contributed by atoms with Gasteiger partial charge in [0.15, 0.2) is 11.5 Å². The van der Waals surface area contributed by atoms with Crippen molar-refractivity contribution in [2.24, 2.45) is 11.7 Å². The molecule has 0 aromatic heterocycles. The van der Waals surface area contributed by atoms with Crippen LogP contribution in [0.3, 0.4) is 0 Å². The van der Waals surface area contributed by atoms with Crippen LogP contribution in [-0.2, 0) is 47.0 Å². The number of methoxy groups -OCH3 is 3. The van der Waals surface area contributed by atoms with Crippen molar-refractivity contribution in [3.63, 3.8) is 0 Å². The van der Waals surface area contributed by atoms with Crippen LogP contribution >= 0.6 is 0 Å². The first kappa shape index (κ1) is 48.1. The van der Waals surface area contributed by atoms with Crippen molar-refractivity contribution in [1.29, 1.82) is 0 Å². The van der Waals surface area contributed by atoms with E-state index in [1.54, 1.807) is 54.5 Å². The van der Waals surface area contributed by atoms with Crippen molar-refractivity contribution in [3.8, 4) is 29.1 Å². The molecule has 0 aliphatic carbocycles. The number of nitrogens with zero attached hydrogens (tertiary/aromatic N) is 3. The Kier molecular flexibility index (Phi) is 14.0. The van der Waals surface area contributed by atoms with Gasteiger partial charge < -0.3 is 49.5 Å². The van der Waals surface area contributed by atoms with Crippen molar-refractivity contribution in [1.82, 2.24) is 15.1 Å². The minimum Gasteiger partial charge on any atom is -0.493 e. The second-order valence-corrected chi connectivity index (χ2v) is 17.4. The normalized spacial score (nSPS) is 22.1. The van der Waals surface area contributed by atoms with Crippen molar-refractivity contribution in [2.75, 3.05) is 65.7 Å². The Hall–Kier alpha value is -7.91. The first-order chi connectivity index (χ1) is 34.6. The van der Waals surface area contributed by atoms with Crippen molar-refractivity contribution in [2.45, 2.75) is 42.6 Å². The Morgan fingerprint density at radius 2 is 1.51 bits per heavy atom. The van der Waals surface area contributed by atoms with E-state index in [4.69, 9.17) is 34.2 Å². The molecule has 1 spiro atoms. The fourth-order valence-corrected chi connectivity index (χ4v) is 10.7. The molecule has 17 nitrogen and oxygen atoms in total. The standard InChI is InChI=1S/C54H53N5O12/c1-66-27-28-70-53(65)58-40-21-20-33(13-12-23-56-52(55)64)29-39(40)54(51(58)63)44(49(61)57-24-22-36-30-42(67-2)43(68-3)31-37(36)32-57)46-50(62)71-47(35-16-8-5-9-17-35)45(34-14-6-4-7-15-34)59(46)48(54)38-18-10-11-19-41(38)69-26-25-60/h4-11,14-21,29-31,44-48,60H,22-28,32H2,1-3H3,(H3,55,56,64)/t44-,45-,46-,47+,48+,54-/m0/s1. The van der Waals surface area contributed by atoms with Crippen LogP contribution in [0.25, 0.3) is 0 Å². The lowest BCUT2D eigenvalue weighted by Gasteiger charge is -2.46. The van der Waals surface area contributed by atoms with Gasteiger partial charge in [0.1, 0.15) is 36.5 Å². The molecule has 4 heterocycles. The van der Waals surface area contributed by atoms with Crippen LogP contribution in [-0.4, -0.2) is 112 Å². The third kappa shape index (κ3) is 8.64. The third-order valence-electron chi connectivity index (χ3n) is 13.6. The van der Waals surface area contributed by atoms with E-state index >= 15 is 14.4 Å². The maximum atomic E-state index is 16.6. The molecule has 0 saturated carbocycles. The number of hydrogen-bond acceptors (Lipinski definition) is 13. The van der Waals surface area contributed by atoms with Crippen LogP contribution in [0.1, 0.15) is 57.1 Å². The van der Waals surface area contributed by atoms with Crippen LogP contribution in [0.4, 0.5) is 15.3 Å². The van der Waals surface area contributed by atoms with Gasteiger partial charge in [-0.3, -0.25) is 19.3 Å². The molecule has 4 aliphatic rings. The molecule has 5 aromatic rings. The Balaban J connectivity index is 1.36. The highest BCUT2D eigenvalue weighted by Gasteiger charge is 2.76. The van der Waals surface area contributed by atoms with E-state index in [0.717, 1.165) is 16.0 Å². The Labute approximate surface area is 410 Å². The third-order valence-corrected chi connectivity index (χ3v) is 13.6. The summed E-state index contributed by atoms with van der Waals surface area (Å²) < 4.78 is 35.2. The number of morpholine rings is 1. The zero-order valence-corrected chi connectivity index (χ0v) is 39.4. The topological polar surface area (TPSA) is 209 Å². The van der Waals surface area contributed by atoms with Crippen LogP contribution in [0.2, 0.25) is 0 Å². The minimum absolute atomic E-state index is 0.0212. The van der Waals surface area contributed by atoms with E-state index in [1.165, 1.54) is 14.2 Å². The number of imide groups is 1. The van der Waals surface area contributed by atoms with Gasteiger partial charge in [-0.2, -0.15) is 0 Å². The largest absolute Gasteiger partial charge is 0.493 e. The monoisotopic (exact) mass is 963 g/mol. The Bertz CT molecular complexity index is 2910. The highest BCUT2D eigenvalue weighted by molar-refractivity contribution is 6.23. The number of aliphatic hydroxyl groups is 1. The molecule has 9 rings (SSSR count). The second kappa shape index (κ2) is 20.6. The number of hydrogen-bond donors (Lipinski definition) is 3. The van der Waals surface area contributed by atoms with Crippen LogP contribution in [0.5, 0.6) is 17.2 Å². The number of fused-ring (bicyclic) bond motifs is 4. The predicted molar refractivity (Wildman–Crippen MR) is 257 cm³/mol. The number of esters is 1. The number of urea groups is 1. The van der Waals surface area contributed by atoms with Gasteiger partial charge >= 0.3 is 18.1 Å². The van der Waals surface area contributed by atoms with Crippen molar-refractivity contribution >= 4 is 35.6 Å². The average molecular weight is 964 g/mol. The fraction of sp³-hybridized carbons (Fsp3) is 0.315. The van der Waals surface area contributed by atoms with E-state index in [1.807, 2.05) is 77.7 Å². The lowest BCUT2D eigenvalue weighted by Crippen LogP contribution is -2.57. The molecule has 4 N–H and O–H groups in total. The molecule has 0 radical (unpaired) electrons. The van der Waals surface area contributed by atoms with Gasteiger partial charge in [0.2, 0.25) is 11.8 Å². The molecule has 6 atom stereocenters. The maximum absolute atomic E-state index is 16.6. The summed E-state index contributed by atoms with van der Waals surface area (Å²) in [6, 6.07) is 29.8. The number of nitrogens with two attached hydrogens (primary N) is 1. The number of anilines is 1. The van der Waals surface area contributed by atoms with Gasteiger partial charge in [0, 0.05) is 31.3 Å². The number of carbonyl (C=O) groups is 5. The number of benzene rings is 5. The minimum atomic E-state index is -2.16. The number of primary amides is 1. The fourth-order valence-electron chi connectivity index (χ4n) is 10.7. The van der Waals surface area contributed by atoms with E-state index in [2.05, 4.69) is 17.2 Å². The first-order valence-electron chi connectivity index (χ1n) is 23.2. The zero-order chi connectivity index (χ0) is 49.8. The molecule has 2 fully saturated rings. The van der Waals surface area contributed by atoms with Crippen molar-refractivity contribution in [3.05, 3.63) is 154 Å². The lowest BCUT2D eigenvalue weighted by molar-refractivity contribution is -0.179. The van der Waals surface area contributed by atoms with E-state index < -0.39 is 65.5 Å². The van der Waals surface area contributed by atoms with Gasteiger partial charge in [-0.1, -0.05) is 90.7 Å². The number of rotatable bonds is 13. The lowest BCUT2D eigenvalue weighted by atomic mass is 9.64. The summed E-state index contributed by atoms with van der Waals surface area (Å²) in [5, 5.41) is 12.6. The summed E-state index contributed by atoms with van der Waals surface area (Å²) in [7, 11) is 4.52. The highest BCUT2D eigenvalue weighted by Crippen LogP contribution is 2.67. The molecule has 5 amide bonds. The van der Waals surface area contributed by atoms with Gasteiger partial charge in [0.25, 0.3) is 0 Å². The molecule has 5 aromatic carbocycles. The van der Waals surface area contributed by atoms with E-state index in [0.29, 0.717) is 40.2 Å². The number of carbonyl (C=O) groups excluding carboxylic acids is 5. The van der Waals surface area contributed by atoms with Gasteiger partial charge in [-0.05, 0) is 70.6 Å². The maximum Gasteiger partial charge on any atom is 0.421 e. The number of cyclic esters (lactones) is 1. The van der Waals surface area contributed by atoms with E-state index in [-0.39, 0.29) is 63.1 Å². The average Bonchev–Trinajstić information content (AvgIpc) is 3.85. The Morgan fingerprint density at radius 1 is 0.817 bits per heavy atom. The molecule has 366 valence electrons. The van der Waals surface area contributed by atoms with Crippen LogP contribution < -0.4 is 30.2 Å². The van der Waals surface area contributed by atoms with Gasteiger partial charge in [-0.25, -0.2) is 14.5 Å². The van der Waals surface area contributed by atoms with Gasteiger partial charge in [0.05, 0.1) is 57.7 Å². The molecule has 4 aliphatic heterocycles. The molecular formula is C54H53N5O12. The highest BCUT2D eigenvalue weighted by atomic mass is 16.6. The van der Waals surface area contributed by atoms with E-state index in [9.17, 15) is 14.7 Å². The quantitative estimate of drug-likeness (QED) is 0.0796. The summed E-state index contributed by atoms with van der Waals surface area (Å²) in [5.41, 5.74) is 7.28. The summed E-state index contributed by atoms with van der Waals surface area (Å²) >= 11 is 0. The van der Waals surface area contributed by atoms with Crippen molar-refractivity contribution < 1.29 is 57.5 Å². The molecular weight excluding hydrogens is 911 g/mol. The summed E-state index contributed by atoms with van der Waals surface area (Å²) in [6.45, 7) is -0.528. The second-order valence-electron chi connectivity index (χ2n) is 17.4. The molecule has 0 bridgehead atoms. The SMILES string of the molecule is COCCOC(=O)N1C(=O)[C@@]2(c3cc(C#CCNC(N)=O)ccc31)[C@H](C(=O)N1CCc3cc(OC)c(OC)cc3C1)[C@H]1C(=O)O[C@H](c3ccccc3)[C@H](c3ccccc3)N1[C@@H]2c1ccccc1OCCO. The number of para-hydroxylation sites is 1. The summed E-state index contributed by atoms with van der Waals surface area (Å²) in [6.07, 6.45) is -1.62. The molecule has 17 heteroatoms. The van der Waals surface area contributed by atoms with Crippen LogP contribution in [0.15, 0.2) is 115 Å². The summed E-state index contributed by atoms with van der Waals surface area (Å²) in [4.78, 5) is 79.5. The Morgan fingerprint density at radius 3 is 2.20 bits per heavy atom. The summed E-state index contributed by atoms with van der Waals surface area (Å²) in [5.74, 6) is 3.41. The predicted octanol–water partition coefficient (Wildman–Crippen LogP) is 5.13. The van der Waals surface area contributed by atoms with Gasteiger partial charge in [-0.15, -0.1) is 0 Å².